The molecule has 92 valence electrons. The van der Waals surface area contributed by atoms with Gasteiger partial charge in [0.2, 0.25) is 0 Å². The molecule has 0 bridgehead atoms. The van der Waals surface area contributed by atoms with Gasteiger partial charge in [-0.1, -0.05) is 0 Å². The molecule has 0 fully saturated rings. The van der Waals surface area contributed by atoms with Gasteiger partial charge in [0.1, 0.15) is 0 Å². The number of nitrogens with two attached hydrogens (primary N) is 1. The third-order valence-electron chi connectivity index (χ3n) is 2.92. The molecule has 2 rings (SSSR count). The van der Waals surface area contributed by atoms with Crippen molar-refractivity contribution in [3.63, 3.8) is 0 Å². The van der Waals surface area contributed by atoms with Gasteiger partial charge in [-0.3, -0.25) is 16.0 Å². The lowest BCUT2D eigenvalue weighted by Crippen LogP contribution is -2.29. The number of hydrogen-bond donors (Lipinski definition) is 2. The molecule has 2 heterocycles. The van der Waals surface area contributed by atoms with Gasteiger partial charge < -0.3 is 0 Å². The lowest BCUT2D eigenvalue weighted by molar-refractivity contribution is 0.550. The van der Waals surface area contributed by atoms with E-state index in [1.54, 1.807) is 11.3 Å². The van der Waals surface area contributed by atoms with Gasteiger partial charge >= 0.3 is 0 Å². The molecular weight excluding hydrogens is 232 g/mol. The Morgan fingerprint density at radius 1 is 1.53 bits per heavy atom. The summed E-state index contributed by atoms with van der Waals surface area (Å²) in [6, 6.07) is 0.163. The lowest BCUT2D eigenvalue weighted by atomic mass is 10.0. The summed E-state index contributed by atoms with van der Waals surface area (Å²) in [5.41, 5.74) is 6.67. The highest BCUT2D eigenvalue weighted by molar-refractivity contribution is 7.08. The van der Waals surface area contributed by atoms with E-state index >= 15 is 0 Å². The average Bonchev–Trinajstić information content (AvgIpc) is 2.95. The number of nitrogens with one attached hydrogen (secondary N) is 1. The first-order valence-corrected chi connectivity index (χ1v) is 6.69. The molecule has 0 saturated carbocycles. The highest BCUT2D eigenvalue weighted by Crippen LogP contribution is 2.24. The van der Waals surface area contributed by atoms with Crippen molar-refractivity contribution in [2.45, 2.75) is 32.9 Å². The first-order valence-electron chi connectivity index (χ1n) is 5.74. The van der Waals surface area contributed by atoms with Gasteiger partial charge in [-0.05, 0) is 47.7 Å². The van der Waals surface area contributed by atoms with Crippen LogP contribution in [0.15, 0.2) is 23.2 Å². The van der Waals surface area contributed by atoms with Gasteiger partial charge in [0.25, 0.3) is 0 Å². The summed E-state index contributed by atoms with van der Waals surface area (Å²) in [6.45, 7) is 5.10. The molecule has 0 saturated heterocycles. The zero-order chi connectivity index (χ0) is 12.3. The van der Waals surface area contributed by atoms with Crippen LogP contribution in [0.1, 0.15) is 29.7 Å². The van der Waals surface area contributed by atoms with Gasteiger partial charge in [-0.25, -0.2) is 0 Å². The third-order valence-corrected chi connectivity index (χ3v) is 3.80. The standard InChI is InChI=1S/C12H18N4S/c1-3-16-6-10(5-14-16)4-12(15-13)11-8-17-7-9(11)2/h5-8,12,15H,3-4,13H2,1-2H3. The largest absolute Gasteiger partial charge is 0.273 e. The molecule has 5 heteroatoms. The van der Waals surface area contributed by atoms with Crippen molar-refractivity contribution in [3.8, 4) is 0 Å². The maximum atomic E-state index is 5.65. The summed E-state index contributed by atoms with van der Waals surface area (Å²) >= 11 is 1.71. The van der Waals surface area contributed by atoms with E-state index in [9.17, 15) is 0 Å². The van der Waals surface area contributed by atoms with Crippen molar-refractivity contribution >= 4 is 11.3 Å². The van der Waals surface area contributed by atoms with Crippen molar-refractivity contribution in [2.24, 2.45) is 5.84 Å². The molecular formula is C12H18N4S. The number of thiophene rings is 1. The molecule has 1 unspecified atom stereocenters. The van der Waals surface area contributed by atoms with Crippen LogP contribution in [0.5, 0.6) is 0 Å². The van der Waals surface area contributed by atoms with Crippen molar-refractivity contribution in [1.29, 1.82) is 0 Å². The second-order valence-electron chi connectivity index (χ2n) is 4.14. The molecule has 0 spiro atoms. The van der Waals surface area contributed by atoms with Crippen LogP contribution in [-0.4, -0.2) is 9.78 Å². The predicted octanol–water partition coefficient (Wildman–Crippen LogP) is 2.02. The smallest absolute Gasteiger partial charge is 0.0522 e. The van der Waals surface area contributed by atoms with Gasteiger partial charge in [0.15, 0.2) is 0 Å². The van der Waals surface area contributed by atoms with E-state index in [1.807, 2.05) is 10.9 Å². The number of rotatable bonds is 5. The number of nitrogens with zero attached hydrogens (tertiary/aromatic N) is 2. The van der Waals surface area contributed by atoms with Crippen LogP contribution in [0, 0.1) is 6.92 Å². The van der Waals surface area contributed by atoms with Crippen molar-refractivity contribution < 1.29 is 0 Å². The minimum absolute atomic E-state index is 0.163. The summed E-state index contributed by atoms with van der Waals surface area (Å²) in [5, 5.41) is 8.58. The fraction of sp³-hybridized carbons (Fsp3) is 0.417. The summed E-state index contributed by atoms with van der Waals surface area (Å²) in [6.07, 6.45) is 4.86. The maximum Gasteiger partial charge on any atom is 0.0522 e. The molecule has 1 atom stereocenters. The molecule has 4 nitrogen and oxygen atoms in total. The van der Waals surface area contributed by atoms with Gasteiger partial charge in [-0.15, -0.1) is 0 Å². The average molecular weight is 250 g/mol. The molecule has 0 aromatic carbocycles. The maximum absolute atomic E-state index is 5.65. The molecule has 0 aliphatic carbocycles. The number of aryl methyl sites for hydroxylation is 2. The van der Waals surface area contributed by atoms with Crippen LogP contribution < -0.4 is 11.3 Å². The predicted molar refractivity (Wildman–Crippen MR) is 70.7 cm³/mol. The number of aromatic nitrogens is 2. The Morgan fingerprint density at radius 3 is 2.88 bits per heavy atom. The Balaban J connectivity index is 2.12. The minimum Gasteiger partial charge on any atom is -0.273 e. The van der Waals surface area contributed by atoms with Crippen molar-refractivity contribution in [2.75, 3.05) is 0 Å². The minimum atomic E-state index is 0.163. The van der Waals surface area contributed by atoms with Gasteiger partial charge in [-0.2, -0.15) is 16.4 Å². The van der Waals surface area contributed by atoms with Gasteiger partial charge in [0.05, 0.1) is 12.2 Å². The molecule has 2 aromatic heterocycles. The van der Waals surface area contributed by atoms with Crippen LogP contribution in [0.4, 0.5) is 0 Å². The van der Waals surface area contributed by atoms with E-state index in [-0.39, 0.29) is 6.04 Å². The molecule has 2 aromatic rings. The Hall–Kier alpha value is -1.17. The van der Waals surface area contributed by atoms with Crippen LogP contribution in [0.3, 0.4) is 0 Å². The monoisotopic (exact) mass is 250 g/mol. The lowest BCUT2D eigenvalue weighted by Gasteiger charge is -2.14. The van der Waals surface area contributed by atoms with Gasteiger partial charge in [0, 0.05) is 12.7 Å². The first kappa shape index (κ1) is 12.3. The summed E-state index contributed by atoms with van der Waals surface area (Å²) in [7, 11) is 0. The molecule has 0 aliphatic heterocycles. The van der Waals surface area contributed by atoms with Crippen LogP contribution in [0.2, 0.25) is 0 Å². The Labute approximate surface area is 105 Å². The third kappa shape index (κ3) is 2.74. The SMILES string of the molecule is CCn1cc(CC(NN)c2cscc2C)cn1. The quantitative estimate of drug-likeness (QED) is 0.630. The second-order valence-corrected chi connectivity index (χ2v) is 4.88. The molecule has 0 radical (unpaired) electrons. The summed E-state index contributed by atoms with van der Waals surface area (Å²) in [4.78, 5) is 0. The topological polar surface area (TPSA) is 55.9 Å². The van der Waals surface area contributed by atoms with E-state index < -0.39 is 0 Å². The zero-order valence-electron chi connectivity index (χ0n) is 10.2. The summed E-state index contributed by atoms with van der Waals surface area (Å²) in [5.74, 6) is 5.65. The zero-order valence-corrected chi connectivity index (χ0v) is 11.0. The highest BCUT2D eigenvalue weighted by atomic mass is 32.1. The van der Waals surface area contributed by atoms with E-state index in [1.165, 1.54) is 16.7 Å². The van der Waals surface area contributed by atoms with Crippen LogP contribution >= 0.6 is 11.3 Å². The first-order chi connectivity index (χ1) is 8.24. The fourth-order valence-electron chi connectivity index (χ4n) is 1.91. The molecule has 3 N–H and O–H groups in total. The Morgan fingerprint density at radius 2 is 2.35 bits per heavy atom. The van der Waals surface area contributed by atoms with E-state index in [2.05, 4.69) is 41.3 Å². The highest BCUT2D eigenvalue weighted by Gasteiger charge is 2.14. The normalized spacial score (nSPS) is 12.9. The van der Waals surface area contributed by atoms with Crippen molar-refractivity contribution in [3.05, 3.63) is 39.8 Å². The van der Waals surface area contributed by atoms with Crippen LogP contribution in [-0.2, 0) is 13.0 Å². The number of hydrogen-bond acceptors (Lipinski definition) is 4. The van der Waals surface area contributed by atoms with Crippen molar-refractivity contribution in [1.82, 2.24) is 15.2 Å². The second kappa shape index (κ2) is 5.44. The molecule has 0 aliphatic rings. The molecule has 0 amide bonds. The van der Waals surface area contributed by atoms with E-state index in [4.69, 9.17) is 5.84 Å². The van der Waals surface area contributed by atoms with Crippen LogP contribution in [0.25, 0.3) is 0 Å². The van der Waals surface area contributed by atoms with E-state index in [0.29, 0.717) is 0 Å². The fourth-order valence-corrected chi connectivity index (χ4v) is 2.81. The Kier molecular flexibility index (Phi) is 3.93. The van der Waals surface area contributed by atoms with E-state index in [0.717, 1.165) is 13.0 Å². The molecule has 17 heavy (non-hydrogen) atoms. The number of hydrazine groups is 1. The summed E-state index contributed by atoms with van der Waals surface area (Å²) < 4.78 is 1.93. The Bertz CT molecular complexity index is 474.